The molecule has 0 saturated heterocycles. The Kier molecular flexibility index (Phi) is 36.8. The maximum absolute atomic E-state index is 11.8. The van der Waals surface area contributed by atoms with E-state index in [0.717, 1.165) is 0 Å². The Morgan fingerprint density at radius 2 is 0.368 bits per heavy atom. The number of nitrogens with two attached hydrogens (primary N) is 4. The van der Waals surface area contributed by atoms with Crippen LogP contribution in [0.15, 0.2) is 313 Å². The van der Waals surface area contributed by atoms with Crippen molar-refractivity contribution in [3.8, 4) is 0 Å². The Hall–Kier alpha value is -11.0. The first kappa shape index (κ1) is 80.1. The quantitative estimate of drug-likeness (QED) is 0.0827. The zero-order valence-electron chi connectivity index (χ0n) is 49.2. The normalized spacial score (nSPS) is 9.94. The molecule has 2 radical (unpaired) electrons. The fraction of sp³-hybridized carbons (Fsp3) is 0. The van der Waals surface area contributed by atoms with Crippen molar-refractivity contribution in [2.45, 2.75) is 19.6 Å². The molecule has 0 saturated carbocycles. The molecule has 0 spiro atoms. The Morgan fingerprint density at radius 1 is 0.221 bits per heavy atom. The topological polar surface area (TPSA) is 483 Å². The SMILES string of the molecule is Nc1ccc(S(=O)(=O)[N-]c2ncccn2)cc1.Nc1ccc(S(=O)(=O)[N-]c2ncccn2)cc1.Nc1ccc(S(=O)(=O)[N-]c2ncccn2)cc1.Nc1ccc(S(=O)(=O)[N-]c2ncccn2)cc1.O.[Co+2].[Co+2].c1ccncc1.c1ccncc1.c1ccncc1.c1ccncc1. The molecule has 8 heterocycles. The van der Waals surface area contributed by atoms with Crippen LogP contribution in [0.4, 0.5) is 46.5 Å². The van der Waals surface area contributed by atoms with E-state index in [-0.39, 0.29) is 82.4 Å². The largest absolute Gasteiger partial charge is 2.00 e. The number of sulfonamides is 4. The molecule has 35 heteroatoms. The summed E-state index contributed by atoms with van der Waals surface area (Å²) in [6.45, 7) is 0. The molecular formula is C60H58Co2N20O9S4. The van der Waals surface area contributed by atoms with Crippen molar-refractivity contribution < 1.29 is 72.7 Å². The van der Waals surface area contributed by atoms with E-state index in [0.29, 0.717) is 22.7 Å². The van der Waals surface area contributed by atoms with E-state index in [1.165, 1.54) is 147 Å². The molecule has 8 aromatic heterocycles. The van der Waals surface area contributed by atoms with Crippen molar-refractivity contribution in [1.82, 2.24) is 59.8 Å². The minimum atomic E-state index is -3.79. The average Bonchev–Trinajstić information content (AvgIpc) is 0.877. The molecule has 10 N–H and O–H groups in total. The summed E-state index contributed by atoms with van der Waals surface area (Å²) in [4.78, 5) is 45.2. The maximum Gasteiger partial charge on any atom is 2.00 e. The molecule has 0 unspecified atom stereocenters. The van der Waals surface area contributed by atoms with Gasteiger partial charge in [0.1, 0.15) is 0 Å². The third kappa shape index (κ3) is 32.7. The predicted molar refractivity (Wildman–Crippen MR) is 353 cm³/mol. The minimum absolute atomic E-state index is 0. The van der Waals surface area contributed by atoms with Crippen LogP contribution in [0.5, 0.6) is 0 Å². The predicted octanol–water partition coefficient (Wildman–Crippen LogP) is 9.31. The summed E-state index contributed by atoms with van der Waals surface area (Å²) in [5.74, 6) is -0.373. The first-order valence-corrected chi connectivity index (χ1v) is 31.9. The van der Waals surface area contributed by atoms with Crippen molar-refractivity contribution >= 4 is 86.6 Å². The zero-order chi connectivity index (χ0) is 66.2. The number of rotatable bonds is 12. The van der Waals surface area contributed by atoms with E-state index >= 15 is 0 Å². The van der Waals surface area contributed by atoms with Crippen LogP contribution in [0, 0.1) is 0 Å². The molecule has 0 aliphatic carbocycles. The summed E-state index contributed by atoms with van der Waals surface area (Å²) in [5.41, 5.74) is 23.8. The number of hydrogen-bond donors (Lipinski definition) is 4. The van der Waals surface area contributed by atoms with E-state index in [4.69, 9.17) is 22.9 Å². The summed E-state index contributed by atoms with van der Waals surface area (Å²) < 4.78 is 109. The summed E-state index contributed by atoms with van der Waals surface area (Å²) in [6.07, 6.45) is 25.4. The van der Waals surface area contributed by atoms with Gasteiger partial charge in [0.2, 0.25) is 40.1 Å². The molecule has 0 aliphatic heterocycles. The van der Waals surface area contributed by atoms with Gasteiger partial charge in [0.05, 0.1) is 19.6 Å². The maximum atomic E-state index is 11.8. The third-order valence-electron chi connectivity index (χ3n) is 9.99. The molecule has 0 aliphatic rings. The van der Waals surface area contributed by atoms with Crippen molar-refractivity contribution in [3.05, 3.63) is 312 Å². The second-order valence-corrected chi connectivity index (χ2v) is 23.3. The van der Waals surface area contributed by atoms with Crippen LogP contribution in [0.3, 0.4) is 0 Å². The smallest absolute Gasteiger partial charge is 0.412 e. The number of hydrogen-bond acceptors (Lipinski definition) is 24. The van der Waals surface area contributed by atoms with Crippen molar-refractivity contribution in [2.24, 2.45) is 0 Å². The Balaban J connectivity index is 0.000000382. The summed E-state index contributed by atoms with van der Waals surface area (Å²) >= 11 is 0. The summed E-state index contributed by atoms with van der Waals surface area (Å²) in [6, 6.07) is 52.2. The molecule has 95 heavy (non-hydrogen) atoms. The number of nitrogen functional groups attached to an aromatic ring is 4. The van der Waals surface area contributed by atoms with E-state index < -0.39 is 40.1 Å². The first-order valence-electron chi connectivity index (χ1n) is 26.1. The van der Waals surface area contributed by atoms with Gasteiger partial charge in [-0.3, -0.25) is 38.8 Å². The van der Waals surface area contributed by atoms with E-state index in [2.05, 4.69) is 78.7 Å². The molecule has 29 nitrogen and oxygen atoms in total. The molecule has 12 rings (SSSR count). The summed E-state index contributed by atoms with van der Waals surface area (Å²) in [7, 11) is -15.1. The standard InChI is InChI=1S/4C10H9N4O2S.4C5H5N.2Co.H2O/c4*11-8-2-4-9(5-3-8)17(15,16)14-10-12-6-1-7-13-10;4*1-2-4-6-5-3-1;;;/h4*1-7H,11H2;4*1-5H;;;1H2/q4*-1;;;;;2*+2;. The Labute approximate surface area is 569 Å². The van der Waals surface area contributed by atoms with Gasteiger partial charge in [-0.15, -0.1) is 0 Å². The number of anilines is 4. The van der Waals surface area contributed by atoms with E-state index in [1.807, 2.05) is 72.8 Å². The van der Waals surface area contributed by atoms with E-state index in [9.17, 15) is 33.7 Å². The first-order chi connectivity index (χ1) is 44.3. The van der Waals surface area contributed by atoms with Gasteiger partial charge >= 0.3 is 33.6 Å². The Bertz CT molecular complexity index is 3730. The van der Waals surface area contributed by atoms with Gasteiger partial charge in [0.25, 0.3) is 0 Å². The molecule has 0 fully saturated rings. The van der Waals surface area contributed by atoms with Crippen LogP contribution in [-0.4, -0.2) is 99.0 Å². The van der Waals surface area contributed by atoms with Crippen LogP contribution in [0.1, 0.15) is 0 Å². The minimum Gasteiger partial charge on any atom is -0.412 e. The fourth-order valence-corrected chi connectivity index (χ4v) is 9.38. The monoisotopic (exact) mass is 1450 g/mol. The van der Waals surface area contributed by atoms with E-state index in [1.54, 1.807) is 73.8 Å². The summed E-state index contributed by atoms with van der Waals surface area (Å²) in [5, 5.41) is 0. The van der Waals surface area contributed by atoms with Crippen molar-refractivity contribution in [1.29, 1.82) is 0 Å². The van der Waals surface area contributed by atoms with Crippen LogP contribution < -0.4 is 22.9 Å². The Morgan fingerprint density at radius 3 is 0.484 bits per heavy atom. The van der Waals surface area contributed by atoms with Gasteiger partial charge in [-0.05, 0) is 195 Å². The zero-order valence-corrected chi connectivity index (χ0v) is 54.6. The number of nitrogens with zero attached hydrogens (tertiary/aromatic N) is 16. The van der Waals surface area contributed by atoms with Crippen LogP contribution in [0.2, 0.25) is 0 Å². The average molecular weight is 1450 g/mol. The molecular weight excluding hydrogens is 1390 g/mol. The number of aromatic nitrogens is 12. The number of pyridine rings is 4. The van der Waals surface area contributed by atoms with Gasteiger partial charge < -0.3 is 68.3 Å². The molecule has 0 amide bonds. The van der Waals surface area contributed by atoms with Gasteiger partial charge in [0.15, 0.2) is 0 Å². The molecule has 12 aromatic rings. The van der Waals surface area contributed by atoms with Gasteiger partial charge in [-0.2, -0.15) is 0 Å². The molecule has 494 valence electrons. The fourth-order valence-electron chi connectivity index (χ4n) is 5.80. The molecule has 0 bridgehead atoms. The molecule has 4 aromatic carbocycles. The van der Waals surface area contributed by atoms with Crippen molar-refractivity contribution in [2.75, 3.05) is 22.9 Å². The van der Waals surface area contributed by atoms with Crippen LogP contribution in [-0.2, 0) is 73.7 Å². The second-order valence-electron chi connectivity index (χ2n) is 16.8. The van der Waals surface area contributed by atoms with Crippen LogP contribution in [0.25, 0.3) is 18.9 Å². The van der Waals surface area contributed by atoms with Gasteiger partial charge in [0, 0.05) is 96.1 Å². The second kappa shape index (κ2) is 43.7. The third-order valence-corrected chi connectivity index (χ3v) is 15.1. The van der Waals surface area contributed by atoms with Crippen molar-refractivity contribution in [3.63, 3.8) is 0 Å². The van der Waals surface area contributed by atoms with Crippen LogP contribution >= 0.6 is 0 Å². The molecule has 0 atom stereocenters. The van der Waals surface area contributed by atoms with Gasteiger partial charge in [-0.1, -0.05) is 48.5 Å². The number of benzene rings is 4. The van der Waals surface area contributed by atoms with Gasteiger partial charge in [-0.25, -0.2) is 33.7 Å².